The summed E-state index contributed by atoms with van der Waals surface area (Å²) < 4.78 is 0. The van der Waals surface area contributed by atoms with Crippen molar-refractivity contribution in [2.24, 2.45) is 0 Å². The van der Waals surface area contributed by atoms with Crippen molar-refractivity contribution in [3.63, 3.8) is 0 Å². The molecule has 1 aromatic rings. The highest BCUT2D eigenvalue weighted by Crippen LogP contribution is 1.91. The molecule has 1 aromatic heterocycles. The van der Waals surface area contributed by atoms with Crippen LogP contribution in [0.2, 0.25) is 0 Å². The van der Waals surface area contributed by atoms with Gasteiger partial charge in [0.25, 0.3) is 0 Å². The number of H-pyrrole nitrogens is 1. The summed E-state index contributed by atoms with van der Waals surface area (Å²) in [5.41, 5.74) is 0. The number of rotatable bonds is 2. The zero-order chi connectivity index (χ0) is 8.27. The summed E-state index contributed by atoms with van der Waals surface area (Å²) in [7, 11) is 1.68. The minimum Gasteiger partial charge on any atom is -0.338 e. The lowest BCUT2D eigenvalue weighted by Gasteiger charge is -2.10. The SMILES string of the molecule is CC(=O)N(C)Cc1nn[nH]n1. The van der Waals surface area contributed by atoms with Gasteiger partial charge in [-0.2, -0.15) is 5.21 Å². The fourth-order valence-corrected chi connectivity index (χ4v) is 0.573. The normalized spacial score (nSPS) is 9.64. The third-order valence-corrected chi connectivity index (χ3v) is 1.31. The van der Waals surface area contributed by atoms with E-state index in [9.17, 15) is 4.79 Å². The van der Waals surface area contributed by atoms with E-state index in [1.54, 1.807) is 7.05 Å². The van der Waals surface area contributed by atoms with E-state index >= 15 is 0 Å². The van der Waals surface area contributed by atoms with Crippen LogP contribution in [0.4, 0.5) is 0 Å². The van der Waals surface area contributed by atoms with E-state index in [1.165, 1.54) is 11.8 Å². The third-order valence-electron chi connectivity index (χ3n) is 1.31. The number of nitrogens with one attached hydrogen (secondary N) is 1. The molecule has 0 radical (unpaired) electrons. The molecule has 0 saturated carbocycles. The number of aromatic amines is 1. The first-order chi connectivity index (χ1) is 5.20. The molecule has 11 heavy (non-hydrogen) atoms. The van der Waals surface area contributed by atoms with E-state index in [0.29, 0.717) is 12.4 Å². The Kier molecular flexibility index (Phi) is 2.15. The molecule has 0 aliphatic heterocycles. The van der Waals surface area contributed by atoms with Crippen LogP contribution in [0.5, 0.6) is 0 Å². The van der Waals surface area contributed by atoms with Crippen molar-refractivity contribution in [1.82, 2.24) is 25.5 Å². The fraction of sp³-hybridized carbons (Fsp3) is 0.600. The molecule has 0 saturated heterocycles. The van der Waals surface area contributed by atoms with Crippen molar-refractivity contribution in [2.75, 3.05) is 7.05 Å². The molecular formula is C5H9N5O. The zero-order valence-electron chi connectivity index (χ0n) is 6.40. The number of amides is 1. The van der Waals surface area contributed by atoms with E-state index in [4.69, 9.17) is 0 Å². The zero-order valence-corrected chi connectivity index (χ0v) is 6.40. The van der Waals surface area contributed by atoms with Crippen molar-refractivity contribution in [3.8, 4) is 0 Å². The Morgan fingerprint density at radius 3 is 2.91 bits per heavy atom. The van der Waals surface area contributed by atoms with Gasteiger partial charge < -0.3 is 4.90 Å². The first-order valence-electron chi connectivity index (χ1n) is 3.14. The second-order valence-corrected chi connectivity index (χ2v) is 2.20. The molecule has 1 amide bonds. The number of nitrogens with zero attached hydrogens (tertiary/aromatic N) is 4. The first kappa shape index (κ1) is 7.64. The van der Waals surface area contributed by atoms with Gasteiger partial charge in [-0.3, -0.25) is 4.79 Å². The van der Waals surface area contributed by atoms with Crippen LogP contribution in [0, 0.1) is 0 Å². The molecule has 0 aliphatic carbocycles. The number of carbonyl (C=O) groups is 1. The van der Waals surface area contributed by atoms with E-state index in [2.05, 4.69) is 20.6 Å². The van der Waals surface area contributed by atoms with Crippen LogP contribution in [-0.2, 0) is 11.3 Å². The van der Waals surface area contributed by atoms with Crippen molar-refractivity contribution >= 4 is 5.91 Å². The Labute approximate surface area is 63.6 Å². The molecule has 0 aromatic carbocycles. The number of hydrogen-bond acceptors (Lipinski definition) is 4. The summed E-state index contributed by atoms with van der Waals surface area (Å²) in [4.78, 5) is 12.2. The molecule has 0 aliphatic rings. The molecule has 0 unspecified atom stereocenters. The standard InChI is InChI=1S/C5H9N5O/c1-4(11)10(2)3-5-6-8-9-7-5/h3H2,1-2H3,(H,6,7,8,9). The summed E-state index contributed by atoms with van der Waals surface area (Å²) in [5, 5.41) is 13.1. The molecule has 0 spiro atoms. The van der Waals surface area contributed by atoms with Crippen LogP contribution in [0.1, 0.15) is 12.7 Å². The summed E-state index contributed by atoms with van der Waals surface area (Å²) in [6, 6.07) is 0. The summed E-state index contributed by atoms with van der Waals surface area (Å²) >= 11 is 0. The van der Waals surface area contributed by atoms with Gasteiger partial charge in [0.15, 0.2) is 5.82 Å². The van der Waals surface area contributed by atoms with Crippen LogP contribution in [0.15, 0.2) is 0 Å². The predicted molar refractivity (Wildman–Crippen MR) is 36.3 cm³/mol. The lowest BCUT2D eigenvalue weighted by molar-refractivity contribution is -0.128. The second-order valence-electron chi connectivity index (χ2n) is 2.20. The van der Waals surface area contributed by atoms with Gasteiger partial charge in [-0.05, 0) is 0 Å². The minimum absolute atomic E-state index is 0.0187. The number of hydrogen-bond donors (Lipinski definition) is 1. The van der Waals surface area contributed by atoms with E-state index < -0.39 is 0 Å². The molecular weight excluding hydrogens is 146 g/mol. The van der Waals surface area contributed by atoms with Gasteiger partial charge in [0.05, 0.1) is 6.54 Å². The van der Waals surface area contributed by atoms with Crippen molar-refractivity contribution in [3.05, 3.63) is 5.82 Å². The maximum absolute atomic E-state index is 10.7. The van der Waals surface area contributed by atoms with Crippen molar-refractivity contribution in [2.45, 2.75) is 13.5 Å². The number of aromatic nitrogens is 4. The lowest BCUT2D eigenvalue weighted by atomic mass is 10.5. The molecule has 60 valence electrons. The highest BCUT2D eigenvalue weighted by Gasteiger charge is 2.05. The molecule has 6 nitrogen and oxygen atoms in total. The van der Waals surface area contributed by atoms with E-state index in [0.717, 1.165) is 0 Å². The lowest BCUT2D eigenvalue weighted by Crippen LogP contribution is -2.23. The Bertz CT molecular complexity index is 231. The van der Waals surface area contributed by atoms with Crippen LogP contribution < -0.4 is 0 Å². The van der Waals surface area contributed by atoms with Crippen LogP contribution in [-0.4, -0.2) is 38.5 Å². The van der Waals surface area contributed by atoms with Gasteiger partial charge in [0, 0.05) is 14.0 Å². The van der Waals surface area contributed by atoms with E-state index in [1.807, 2.05) is 0 Å². The highest BCUT2D eigenvalue weighted by molar-refractivity contribution is 5.72. The largest absolute Gasteiger partial charge is 0.338 e. The summed E-state index contributed by atoms with van der Waals surface area (Å²) in [5.74, 6) is 0.498. The average molecular weight is 155 g/mol. The molecule has 1 heterocycles. The van der Waals surface area contributed by atoms with Crippen LogP contribution >= 0.6 is 0 Å². The molecule has 6 heteroatoms. The third kappa shape index (κ3) is 1.99. The van der Waals surface area contributed by atoms with E-state index in [-0.39, 0.29) is 5.91 Å². The first-order valence-corrected chi connectivity index (χ1v) is 3.14. The van der Waals surface area contributed by atoms with Crippen LogP contribution in [0.25, 0.3) is 0 Å². The molecule has 1 rings (SSSR count). The maximum atomic E-state index is 10.7. The Hall–Kier alpha value is -1.46. The van der Waals surface area contributed by atoms with Gasteiger partial charge in [0.2, 0.25) is 5.91 Å². The van der Waals surface area contributed by atoms with Gasteiger partial charge in [-0.1, -0.05) is 5.21 Å². The molecule has 0 bridgehead atoms. The smallest absolute Gasteiger partial charge is 0.219 e. The predicted octanol–water partition coefficient (Wildman–Crippen LogP) is -0.822. The molecule has 0 atom stereocenters. The van der Waals surface area contributed by atoms with Gasteiger partial charge in [-0.25, -0.2) is 0 Å². The Morgan fingerprint density at radius 1 is 1.73 bits per heavy atom. The van der Waals surface area contributed by atoms with Crippen molar-refractivity contribution < 1.29 is 4.79 Å². The number of carbonyl (C=O) groups excluding carboxylic acids is 1. The number of tetrazole rings is 1. The van der Waals surface area contributed by atoms with Crippen LogP contribution in [0.3, 0.4) is 0 Å². The summed E-state index contributed by atoms with van der Waals surface area (Å²) in [6.45, 7) is 1.88. The Balaban J connectivity index is 2.50. The monoisotopic (exact) mass is 155 g/mol. The van der Waals surface area contributed by atoms with Gasteiger partial charge >= 0.3 is 0 Å². The summed E-state index contributed by atoms with van der Waals surface area (Å²) in [6.07, 6.45) is 0. The van der Waals surface area contributed by atoms with Crippen molar-refractivity contribution in [1.29, 1.82) is 0 Å². The van der Waals surface area contributed by atoms with Gasteiger partial charge in [-0.15, -0.1) is 10.2 Å². The minimum atomic E-state index is -0.0187. The van der Waals surface area contributed by atoms with Gasteiger partial charge in [0.1, 0.15) is 0 Å². The molecule has 1 N–H and O–H groups in total. The Morgan fingerprint density at radius 2 is 2.45 bits per heavy atom. The quantitative estimate of drug-likeness (QED) is 0.605. The fourth-order valence-electron chi connectivity index (χ4n) is 0.573. The highest BCUT2D eigenvalue weighted by atomic mass is 16.2. The molecule has 0 fully saturated rings. The topological polar surface area (TPSA) is 74.8 Å². The second kappa shape index (κ2) is 3.09. The average Bonchev–Trinajstić information content (AvgIpc) is 2.39. The maximum Gasteiger partial charge on any atom is 0.219 e.